The summed E-state index contributed by atoms with van der Waals surface area (Å²) >= 11 is 6.21. The number of hydrogen-bond donors (Lipinski definition) is 3. The second-order valence-corrected chi connectivity index (χ2v) is 8.01. The van der Waals surface area contributed by atoms with Gasteiger partial charge in [-0.1, -0.05) is 60.1 Å². The number of para-hydroxylation sites is 1. The molecule has 32 heavy (non-hydrogen) atoms. The number of amides is 1. The maximum atomic E-state index is 12.3. The molecule has 4 aromatic rings. The SMILES string of the molecule is O=C1C[C@@H](c2ccc(OCc3ccccc3Cl)cc2)c2c(n[nH]c2Nc2ccccc2)N1. The van der Waals surface area contributed by atoms with Crippen LogP contribution in [-0.2, 0) is 11.4 Å². The predicted molar refractivity (Wildman–Crippen MR) is 126 cm³/mol. The fourth-order valence-corrected chi connectivity index (χ4v) is 4.06. The predicted octanol–water partition coefficient (Wildman–Crippen LogP) is 5.86. The monoisotopic (exact) mass is 444 g/mol. The third kappa shape index (κ3) is 4.18. The number of rotatable bonds is 6. The largest absolute Gasteiger partial charge is 0.489 e. The van der Waals surface area contributed by atoms with Crippen molar-refractivity contribution in [2.24, 2.45) is 0 Å². The Bertz CT molecular complexity index is 1240. The highest BCUT2D eigenvalue weighted by molar-refractivity contribution is 6.31. The Morgan fingerprint density at radius 1 is 1.00 bits per heavy atom. The number of carbonyl (C=O) groups is 1. The van der Waals surface area contributed by atoms with Gasteiger partial charge in [-0.15, -0.1) is 0 Å². The van der Waals surface area contributed by atoms with Crippen molar-refractivity contribution in [1.29, 1.82) is 0 Å². The number of aromatic nitrogens is 2. The van der Waals surface area contributed by atoms with Crippen LogP contribution in [0.5, 0.6) is 5.75 Å². The first-order valence-electron chi connectivity index (χ1n) is 10.3. The van der Waals surface area contributed by atoms with E-state index in [1.807, 2.05) is 78.9 Å². The van der Waals surface area contributed by atoms with Crippen LogP contribution in [-0.4, -0.2) is 16.1 Å². The lowest BCUT2D eigenvalue weighted by Crippen LogP contribution is -2.23. The van der Waals surface area contributed by atoms with Gasteiger partial charge in [0.15, 0.2) is 5.82 Å². The number of carbonyl (C=O) groups excluding carboxylic acids is 1. The highest BCUT2D eigenvalue weighted by Crippen LogP contribution is 2.41. The molecule has 0 radical (unpaired) electrons. The minimum absolute atomic E-state index is 0.0562. The van der Waals surface area contributed by atoms with Gasteiger partial charge in [0.1, 0.15) is 18.2 Å². The first kappa shape index (κ1) is 20.2. The van der Waals surface area contributed by atoms with Crippen molar-refractivity contribution in [2.75, 3.05) is 10.6 Å². The van der Waals surface area contributed by atoms with Crippen molar-refractivity contribution >= 4 is 34.8 Å². The number of ether oxygens (including phenoxy) is 1. The molecule has 1 aliphatic heterocycles. The van der Waals surface area contributed by atoms with Gasteiger partial charge in [-0.2, -0.15) is 5.10 Å². The van der Waals surface area contributed by atoms with E-state index in [0.717, 1.165) is 33.9 Å². The fraction of sp³-hybridized carbons (Fsp3) is 0.120. The summed E-state index contributed by atoms with van der Waals surface area (Å²) in [5, 5.41) is 14.3. The van der Waals surface area contributed by atoms with Crippen molar-refractivity contribution in [1.82, 2.24) is 10.2 Å². The molecule has 3 N–H and O–H groups in total. The summed E-state index contributed by atoms with van der Waals surface area (Å²) in [5.41, 5.74) is 3.83. The second kappa shape index (κ2) is 8.77. The number of H-pyrrole nitrogens is 1. The molecule has 0 bridgehead atoms. The van der Waals surface area contributed by atoms with Crippen LogP contribution in [0.15, 0.2) is 78.9 Å². The molecule has 7 heteroatoms. The third-order valence-electron chi connectivity index (χ3n) is 5.48. The van der Waals surface area contributed by atoms with E-state index in [-0.39, 0.29) is 11.8 Å². The van der Waals surface area contributed by atoms with Gasteiger partial charge in [0, 0.05) is 34.2 Å². The summed E-state index contributed by atoms with van der Waals surface area (Å²) in [6.07, 6.45) is 0.343. The minimum atomic E-state index is -0.124. The Hall–Kier alpha value is -3.77. The molecule has 6 nitrogen and oxygen atoms in total. The molecule has 160 valence electrons. The van der Waals surface area contributed by atoms with E-state index in [1.54, 1.807) is 0 Å². The molecule has 1 aliphatic rings. The second-order valence-electron chi connectivity index (χ2n) is 7.61. The zero-order valence-electron chi connectivity index (χ0n) is 17.1. The molecule has 1 atom stereocenters. The molecule has 0 unspecified atom stereocenters. The van der Waals surface area contributed by atoms with E-state index in [2.05, 4.69) is 20.8 Å². The van der Waals surface area contributed by atoms with Crippen LogP contribution in [0.1, 0.15) is 29.0 Å². The molecule has 0 saturated heterocycles. The summed E-state index contributed by atoms with van der Waals surface area (Å²) in [6.45, 7) is 0.391. The van der Waals surface area contributed by atoms with Crippen molar-refractivity contribution < 1.29 is 9.53 Å². The van der Waals surface area contributed by atoms with Crippen molar-refractivity contribution in [2.45, 2.75) is 18.9 Å². The molecule has 2 heterocycles. The number of benzene rings is 3. The Kier molecular flexibility index (Phi) is 5.52. The smallest absolute Gasteiger partial charge is 0.226 e. The van der Waals surface area contributed by atoms with Crippen LogP contribution in [0.4, 0.5) is 17.3 Å². The van der Waals surface area contributed by atoms with Gasteiger partial charge in [-0.05, 0) is 35.9 Å². The Morgan fingerprint density at radius 2 is 1.75 bits per heavy atom. The first-order chi connectivity index (χ1) is 15.7. The number of anilines is 3. The zero-order valence-corrected chi connectivity index (χ0v) is 17.9. The number of hydrogen-bond acceptors (Lipinski definition) is 4. The summed E-state index contributed by atoms with van der Waals surface area (Å²) in [6, 6.07) is 25.3. The minimum Gasteiger partial charge on any atom is -0.489 e. The molecule has 0 fully saturated rings. The quantitative estimate of drug-likeness (QED) is 0.348. The van der Waals surface area contributed by atoms with E-state index in [0.29, 0.717) is 23.9 Å². The molecule has 0 spiro atoms. The van der Waals surface area contributed by atoms with E-state index in [9.17, 15) is 4.79 Å². The highest BCUT2D eigenvalue weighted by atomic mass is 35.5. The van der Waals surface area contributed by atoms with Crippen molar-refractivity contribution in [3.05, 3.63) is 101 Å². The van der Waals surface area contributed by atoms with Gasteiger partial charge >= 0.3 is 0 Å². The van der Waals surface area contributed by atoms with Gasteiger partial charge in [-0.3, -0.25) is 9.89 Å². The lowest BCUT2D eigenvalue weighted by Gasteiger charge is -2.23. The van der Waals surface area contributed by atoms with E-state index < -0.39 is 0 Å². The molecule has 1 aromatic heterocycles. The van der Waals surface area contributed by atoms with Crippen LogP contribution in [0.25, 0.3) is 0 Å². The summed E-state index contributed by atoms with van der Waals surface area (Å²) in [4.78, 5) is 12.3. The molecule has 0 saturated carbocycles. The maximum absolute atomic E-state index is 12.3. The zero-order chi connectivity index (χ0) is 21.9. The lowest BCUT2D eigenvalue weighted by molar-refractivity contribution is -0.116. The number of nitrogens with zero attached hydrogens (tertiary/aromatic N) is 1. The van der Waals surface area contributed by atoms with E-state index >= 15 is 0 Å². The van der Waals surface area contributed by atoms with Crippen LogP contribution in [0.2, 0.25) is 5.02 Å². The fourth-order valence-electron chi connectivity index (χ4n) is 3.87. The van der Waals surface area contributed by atoms with E-state index in [4.69, 9.17) is 16.3 Å². The normalized spacial score (nSPS) is 15.0. The van der Waals surface area contributed by atoms with Crippen molar-refractivity contribution in [3.63, 3.8) is 0 Å². The summed E-state index contributed by atoms with van der Waals surface area (Å²) in [7, 11) is 0. The molecule has 1 amide bonds. The Balaban J connectivity index is 1.37. The molecular formula is C25H21ClN4O2. The standard InChI is InChI=1S/C25H21ClN4O2/c26-21-9-5-4-6-17(21)15-32-19-12-10-16(11-13-19)20-14-22(31)28-25-23(20)24(29-30-25)27-18-7-2-1-3-8-18/h1-13,20H,14-15H2,(H3,27,28,29,30,31)/t20-/m0/s1. The average Bonchev–Trinajstić information content (AvgIpc) is 3.21. The van der Waals surface area contributed by atoms with Gasteiger partial charge < -0.3 is 15.4 Å². The number of halogens is 1. The van der Waals surface area contributed by atoms with Gasteiger partial charge in [0.25, 0.3) is 0 Å². The molecular weight excluding hydrogens is 424 g/mol. The summed E-state index contributed by atoms with van der Waals surface area (Å²) in [5.74, 6) is 1.89. The van der Waals surface area contributed by atoms with Crippen molar-refractivity contribution in [3.8, 4) is 5.75 Å². The molecule has 5 rings (SSSR count). The first-order valence-corrected chi connectivity index (χ1v) is 10.7. The molecule has 3 aromatic carbocycles. The van der Waals surface area contributed by atoms with Gasteiger partial charge in [0.05, 0.1) is 0 Å². The Morgan fingerprint density at radius 3 is 2.53 bits per heavy atom. The van der Waals surface area contributed by atoms with Gasteiger partial charge in [0.2, 0.25) is 5.91 Å². The Labute approximate surface area is 190 Å². The highest BCUT2D eigenvalue weighted by Gasteiger charge is 2.31. The van der Waals surface area contributed by atoms with E-state index in [1.165, 1.54) is 0 Å². The van der Waals surface area contributed by atoms with Crippen LogP contribution >= 0.6 is 11.6 Å². The number of aromatic amines is 1. The topological polar surface area (TPSA) is 79.0 Å². The average molecular weight is 445 g/mol. The lowest BCUT2D eigenvalue weighted by atomic mass is 9.86. The summed E-state index contributed by atoms with van der Waals surface area (Å²) < 4.78 is 5.90. The van der Waals surface area contributed by atoms with Gasteiger partial charge in [-0.25, -0.2) is 0 Å². The maximum Gasteiger partial charge on any atom is 0.226 e. The number of fused-ring (bicyclic) bond motifs is 1. The van der Waals surface area contributed by atoms with Crippen LogP contribution in [0.3, 0.4) is 0 Å². The van der Waals surface area contributed by atoms with Crippen LogP contribution in [0, 0.1) is 0 Å². The third-order valence-corrected chi connectivity index (χ3v) is 5.85. The van der Waals surface area contributed by atoms with Crippen LogP contribution < -0.4 is 15.4 Å². The number of nitrogens with one attached hydrogen (secondary N) is 3. The molecule has 0 aliphatic carbocycles.